The lowest BCUT2D eigenvalue weighted by Gasteiger charge is -1.95. The van der Waals surface area contributed by atoms with Crippen LogP contribution in [0, 0.1) is 5.92 Å². The molecule has 0 nitrogen and oxygen atoms in total. The van der Waals surface area contributed by atoms with Crippen molar-refractivity contribution in [3.8, 4) is 0 Å². The van der Waals surface area contributed by atoms with Crippen molar-refractivity contribution in [2.45, 2.75) is 40.5 Å². The maximum atomic E-state index is 2.28. The summed E-state index contributed by atoms with van der Waals surface area (Å²) in [5, 5.41) is 0. The highest BCUT2D eigenvalue weighted by molar-refractivity contribution is 5.04. The van der Waals surface area contributed by atoms with Crippen LogP contribution in [0.2, 0.25) is 0 Å². The van der Waals surface area contributed by atoms with E-state index in [9.17, 15) is 0 Å². The fourth-order valence-corrected chi connectivity index (χ4v) is 0.958. The van der Waals surface area contributed by atoms with Crippen molar-refractivity contribution in [2.24, 2.45) is 5.92 Å². The van der Waals surface area contributed by atoms with Crippen molar-refractivity contribution in [2.75, 3.05) is 0 Å². The molecule has 0 unspecified atom stereocenters. The van der Waals surface area contributed by atoms with E-state index in [-0.39, 0.29) is 0 Å². The molecule has 0 aliphatic carbocycles. The van der Waals surface area contributed by atoms with Gasteiger partial charge in [-0.2, -0.15) is 0 Å². The van der Waals surface area contributed by atoms with Crippen molar-refractivity contribution >= 4 is 0 Å². The highest BCUT2D eigenvalue weighted by Gasteiger charge is 1.85. The Morgan fingerprint density at radius 2 is 2.00 bits per heavy atom. The van der Waals surface area contributed by atoms with Gasteiger partial charge in [-0.15, -0.1) is 0 Å². The Morgan fingerprint density at radius 1 is 1.36 bits per heavy atom. The van der Waals surface area contributed by atoms with E-state index < -0.39 is 0 Å². The average Bonchev–Trinajstić information content (AvgIpc) is 1.87. The minimum Gasteiger partial charge on any atom is -0.0856 e. The third kappa shape index (κ3) is 7.38. The molecule has 0 aromatic rings. The van der Waals surface area contributed by atoms with Gasteiger partial charge in [-0.05, 0) is 25.7 Å². The molecule has 0 N–H and O–H groups in total. The predicted octanol–water partition coefficient (Wildman–Crippen LogP) is 3.95. The highest BCUT2D eigenvalue weighted by Crippen LogP contribution is 2.04. The van der Waals surface area contributed by atoms with Crippen molar-refractivity contribution in [1.29, 1.82) is 0 Å². The molecule has 0 aromatic heterocycles. The lowest BCUT2D eigenvalue weighted by molar-refractivity contribution is 0.827. The lowest BCUT2D eigenvalue weighted by atomic mass is 10.1. The zero-order valence-electron chi connectivity index (χ0n) is 8.22. The summed E-state index contributed by atoms with van der Waals surface area (Å²) in [6, 6.07) is 0. The summed E-state index contributed by atoms with van der Waals surface area (Å²) >= 11 is 0. The van der Waals surface area contributed by atoms with Gasteiger partial charge in [0.2, 0.25) is 0 Å². The number of allylic oxidation sites excluding steroid dienone is 4. The van der Waals surface area contributed by atoms with Gasteiger partial charge in [0, 0.05) is 0 Å². The summed E-state index contributed by atoms with van der Waals surface area (Å²) in [7, 11) is 0. The molecule has 0 rings (SSSR count). The first-order chi connectivity index (χ1) is 5.16. The van der Waals surface area contributed by atoms with Crippen LogP contribution in [-0.4, -0.2) is 0 Å². The maximum Gasteiger partial charge on any atom is -0.0142 e. The van der Waals surface area contributed by atoms with Crippen LogP contribution in [0.25, 0.3) is 0 Å². The van der Waals surface area contributed by atoms with Crippen LogP contribution in [-0.2, 0) is 0 Å². The molecule has 0 heterocycles. The molecular weight excluding hydrogens is 132 g/mol. The van der Waals surface area contributed by atoms with E-state index in [4.69, 9.17) is 0 Å². The Balaban J connectivity index is 3.61. The molecule has 0 bridgehead atoms. The molecule has 0 saturated carbocycles. The monoisotopic (exact) mass is 152 g/mol. The van der Waals surface area contributed by atoms with Crippen molar-refractivity contribution in [1.82, 2.24) is 0 Å². The first-order valence-corrected chi connectivity index (χ1v) is 4.49. The van der Waals surface area contributed by atoms with Crippen molar-refractivity contribution < 1.29 is 0 Å². The normalized spacial score (nSPS) is 13.4. The second kappa shape index (κ2) is 6.21. The molecule has 0 aliphatic heterocycles. The SMILES string of the molecule is CC/C=C(/C)C/C=C\C(C)C. The van der Waals surface area contributed by atoms with E-state index in [1.165, 1.54) is 5.57 Å². The van der Waals surface area contributed by atoms with Gasteiger partial charge >= 0.3 is 0 Å². The summed E-state index contributed by atoms with van der Waals surface area (Å²) in [5.74, 6) is 0.685. The highest BCUT2D eigenvalue weighted by atomic mass is 13.9. The maximum absolute atomic E-state index is 2.28. The number of hydrogen-bond acceptors (Lipinski definition) is 0. The summed E-state index contributed by atoms with van der Waals surface area (Å²) < 4.78 is 0. The summed E-state index contributed by atoms with van der Waals surface area (Å²) in [5.41, 5.74) is 1.48. The summed E-state index contributed by atoms with van der Waals surface area (Å²) in [6.07, 6.45) is 9.07. The third-order valence-electron chi connectivity index (χ3n) is 1.51. The van der Waals surface area contributed by atoms with Crippen LogP contribution in [0.15, 0.2) is 23.8 Å². The molecule has 0 fully saturated rings. The third-order valence-corrected chi connectivity index (χ3v) is 1.51. The topological polar surface area (TPSA) is 0 Å². The van der Waals surface area contributed by atoms with E-state index in [0.717, 1.165) is 12.8 Å². The Hall–Kier alpha value is -0.520. The lowest BCUT2D eigenvalue weighted by Crippen LogP contribution is -1.78. The van der Waals surface area contributed by atoms with Gasteiger partial charge < -0.3 is 0 Å². The standard InChI is InChI=1S/C11H20/c1-5-7-11(4)9-6-8-10(2)3/h6-8,10H,5,9H2,1-4H3/b8-6-,11-7-. The molecule has 64 valence electrons. The molecule has 0 saturated heterocycles. The molecule has 0 radical (unpaired) electrons. The van der Waals surface area contributed by atoms with Crippen LogP contribution in [0.4, 0.5) is 0 Å². The fourth-order valence-electron chi connectivity index (χ4n) is 0.958. The van der Waals surface area contributed by atoms with Crippen LogP contribution in [0.5, 0.6) is 0 Å². The van der Waals surface area contributed by atoms with Crippen molar-refractivity contribution in [3.05, 3.63) is 23.8 Å². The second-order valence-corrected chi connectivity index (χ2v) is 3.34. The molecule has 11 heavy (non-hydrogen) atoms. The van der Waals surface area contributed by atoms with E-state index in [0.29, 0.717) is 5.92 Å². The van der Waals surface area contributed by atoms with E-state index in [1.807, 2.05) is 0 Å². The molecule has 0 aromatic carbocycles. The Bertz CT molecular complexity index is 138. The largest absolute Gasteiger partial charge is 0.0856 e. The smallest absolute Gasteiger partial charge is 0.0142 e. The van der Waals surface area contributed by atoms with Gasteiger partial charge in [0.05, 0.1) is 0 Å². The van der Waals surface area contributed by atoms with Gasteiger partial charge in [-0.1, -0.05) is 44.6 Å². The minimum absolute atomic E-state index is 0.685. The van der Waals surface area contributed by atoms with Crippen LogP contribution in [0.3, 0.4) is 0 Å². The summed E-state index contributed by atoms with van der Waals surface area (Å²) in [6.45, 7) is 8.77. The predicted molar refractivity (Wildman–Crippen MR) is 52.6 cm³/mol. The van der Waals surface area contributed by atoms with E-state index >= 15 is 0 Å². The second-order valence-electron chi connectivity index (χ2n) is 3.34. The molecule has 0 amide bonds. The molecule has 0 spiro atoms. The van der Waals surface area contributed by atoms with Gasteiger partial charge in [0.15, 0.2) is 0 Å². The first kappa shape index (κ1) is 10.5. The zero-order chi connectivity index (χ0) is 8.69. The molecule has 0 heteroatoms. The first-order valence-electron chi connectivity index (χ1n) is 4.49. The minimum atomic E-state index is 0.685. The van der Waals surface area contributed by atoms with Crippen molar-refractivity contribution in [3.63, 3.8) is 0 Å². The number of rotatable bonds is 4. The molecule has 0 atom stereocenters. The fraction of sp³-hybridized carbons (Fsp3) is 0.636. The number of hydrogen-bond donors (Lipinski definition) is 0. The van der Waals surface area contributed by atoms with Crippen LogP contribution >= 0.6 is 0 Å². The van der Waals surface area contributed by atoms with Gasteiger partial charge in [0.1, 0.15) is 0 Å². The zero-order valence-corrected chi connectivity index (χ0v) is 8.22. The van der Waals surface area contributed by atoms with Crippen LogP contribution in [0.1, 0.15) is 40.5 Å². The quantitative estimate of drug-likeness (QED) is 0.535. The Morgan fingerprint density at radius 3 is 2.45 bits per heavy atom. The van der Waals surface area contributed by atoms with E-state index in [1.54, 1.807) is 0 Å². The van der Waals surface area contributed by atoms with Gasteiger partial charge in [-0.3, -0.25) is 0 Å². The molecule has 0 aliphatic rings. The Kier molecular flexibility index (Phi) is 5.91. The van der Waals surface area contributed by atoms with E-state index in [2.05, 4.69) is 45.9 Å². The molecular formula is C11H20. The van der Waals surface area contributed by atoms with Gasteiger partial charge in [-0.25, -0.2) is 0 Å². The van der Waals surface area contributed by atoms with Crippen LogP contribution < -0.4 is 0 Å². The Labute approximate surface area is 71.0 Å². The average molecular weight is 152 g/mol. The summed E-state index contributed by atoms with van der Waals surface area (Å²) in [4.78, 5) is 0. The van der Waals surface area contributed by atoms with Gasteiger partial charge in [0.25, 0.3) is 0 Å².